The van der Waals surface area contributed by atoms with Crippen LogP contribution in [-0.4, -0.2) is 41.9 Å². The topological polar surface area (TPSA) is 110 Å². The summed E-state index contributed by atoms with van der Waals surface area (Å²) in [6.07, 6.45) is 4.83. The van der Waals surface area contributed by atoms with Gasteiger partial charge in [0.15, 0.2) is 0 Å². The van der Waals surface area contributed by atoms with Crippen molar-refractivity contribution < 1.29 is 29.0 Å². The van der Waals surface area contributed by atoms with Crippen LogP contribution in [0.2, 0.25) is 0 Å². The van der Waals surface area contributed by atoms with Crippen molar-refractivity contribution in [1.82, 2.24) is 5.32 Å². The number of amides is 1. The van der Waals surface area contributed by atoms with E-state index in [1.807, 2.05) is 26.0 Å². The van der Waals surface area contributed by atoms with Crippen LogP contribution in [0.3, 0.4) is 0 Å². The van der Waals surface area contributed by atoms with Gasteiger partial charge in [0, 0.05) is 30.7 Å². The minimum absolute atomic E-state index is 0.0109. The van der Waals surface area contributed by atoms with Crippen LogP contribution in [0.25, 0.3) is 0 Å². The first kappa shape index (κ1) is 25.8. The number of carbonyl (C=O) groups excluding carboxylic acids is 3. The monoisotopic (exact) mass is 447 g/mol. The molecule has 178 valence electrons. The van der Waals surface area contributed by atoms with E-state index < -0.39 is 23.3 Å². The highest BCUT2D eigenvalue weighted by atomic mass is 16.5. The smallest absolute Gasteiger partial charge is 0.305 e. The van der Waals surface area contributed by atoms with Crippen LogP contribution in [-0.2, 0) is 23.9 Å². The number of ether oxygens (including phenoxy) is 1. The van der Waals surface area contributed by atoms with Crippen molar-refractivity contribution in [3.8, 4) is 0 Å². The standard InChI is InChI=1S/C25H37NO6/c1-14(2)11-19-23-17(5)16(4)13-18(12-15(3)7-9-21(28)29)25(23,24(31)26-19)20(27)8-10-22(30)32-6/h12-14,17-19,23H,7-11H2,1-6H3,(H,26,31)(H,28,29)/b15-12+/t17-,18+,19+,23+,25-/m1/s1. The molecule has 0 aromatic heterocycles. The van der Waals surface area contributed by atoms with E-state index in [1.54, 1.807) is 0 Å². The Balaban J connectivity index is 2.58. The maximum atomic E-state index is 13.8. The summed E-state index contributed by atoms with van der Waals surface area (Å²) < 4.78 is 4.71. The van der Waals surface area contributed by atoms with Gasteiger partial charge in [-0.3, -0.25) is 19.2 Å². The third-order valence-corrected chi connectivity index (χ3v) is 7.04. The predicted octanol–water partition coefficient (Wildman–Crippen LogP) is 3.68. The summed E-state index contributed by atoms with van der Waals surface area (Å²) >= 11 is 0. The van der Waals surface area contributed by atoms with E-state index in [9.17, 15) is 19.2 Å². The van der Waals surface area contributed by atoms with Gasteiger partial charge < -0.3 is 15.2 Å². The first-order valence-electron chi connectivity index (χ1n) is 11.4. The van der Waals surface area contributed by atoms with Gasteiger partial charge in [0.2, 0.25) is 5.91 Å². The van der Waals surface area contributed by atoms with E-state index in [0.717, 1.165) is 17.6 Å². The molecule has 1 aliphatic heterocycles. The van der Waals surface area contributed by atoms with Crippen LogP contribution in [0.4, 0.5) is 0 Å². The lowest BCUT2D eigenvalue weighted by molar-refractivity contribution is -0.149. The Hall–Kier alpha value is -2.44. The van der Waals surface area contributed by atoms with Crippen LogP contribution in [0.5, 0.6) is 0 Å². The first-order chi connectivity index (χ1) is 14.9. The maximum Gasteiger partial charge on any atom is 0.305 e. The highest BCUT2D eigenvalue weighted by Crippen LogP contribution is 2.55. The average molecular weight is 448 g/mol. The van der Waals surface area contributed by atoms with Crippen LogP contribution < -0.4 is 5.32 Å². The fourth-order valence-corrected chi connectivity index (χ4v) is 5.42. The second-order valence-corrected chi connectivity index (χ2v) is 9.74. The Bertz CT molecular complexity index is 826. The van der Waals surface area contributed by atoms with Gasteiger partial charge in [0.1, 0.15) is 11.2 Å². The molecule has 32 heavy (non-hydrogen) atoms. The highest BCUT2D eigenvalue weighted by molar-refractivity contribution is 6.10. The fraction of sp³-hybridized carbons (Fsp3) is 0.680. The number of esters is 1. The second kappa shape index (κ2) is 10.5. The molecular formula is C25H37NO6. The second-order valence-electron chi connectivity index (χ2n) is 9.74. The molecular weight excluding hydrogens is 410 g/mol. The summed E-state index contributed by atoms with van der Waals surface area (Å²) in [7, 11) is 1.28. The molecule has 0 unspecified atom stereocenters. The van der Waals surface area contributed by atoms with E-state index in [-0.39, 0.29) is 48.8 Å². The zero-order valence-electron chi connectivity index (χ0n) is 20.1. The number of hydrogen-bond acceptors (Lipinski definition) is 5. The van der Waals surface area contributed by atoms with Crippen LogP contribution in [0.1, 0.15) is 66.7 Å². The molecule has 2 rings (SSSR count). The van der Waals surface area contributed by atoms with Gasteiger partial charge in [0.25, 0.3) is 0 Å². The molecule has 0 radical (unpaired) electrons. The zero-order chi connectivity index (χ0) is 24.2. The average Bonchev–Trinajstić information content (AvgIpc) is 3.00. The molecule has 0 spiro atoms. The van der Waals surface area contributed by atoms with Gasteiger partial charge in [0.05, 0.1) is 13.5 Å². The lowest BCUT2D eigenvalue weighted by Crippen LogP contribution is -2.52. The predicted molar refractivity (Wildman–Crippen MR) is 121 cm³/mol. The number of carboxylic acids is 1. The number of allylic oxidation sites excluding steroid dienone is 4. The Kier molecular flexibility index (Phi) is 8.43. The molecule has 2 aliphatic rings. The summed E-state index contributed by atoms with van der Waals surface area (Å²) in [6.45, 7) is 10.1. The lowest BCUT2D eigenvalue weighted by atomic mass is 9.54. The van der Waals surface area contributed by atoms with Crippen molar-refractivity contribution in [2.75, 3.05) is 7.11 Å². The molecule has 0 aromatic rings. The molecule has 1 amide bonds. The molecule has 1 fully saturated rings. The summed E-state index contributed by atoms with van der Waals surface area (Å²) in [4.78, 5) is 50.1. The number of nitrogens with one attached hydrogen (secondary N) is 1. The quantitative estimate of drug-likeness (QED) is 0.300. The largest absolute Gasteiger partial charge is 0.481 e. The van der Waals surface area contributed by atoms with Gasteiger partial charge in [-0.2, -0.15) is 0 Å². The third kappa shape index (κ3) is 5.13. The van der Waals surface area contributed by atoms with Gasteiger partial charge in [-0.1, -0.05) is 44.1 Å². The molecule has 1 heterocycles. The van der Waals surface area contributed by atoms with Crippen LogP contribution in [0, 0.1) is 29.1 Å². The summed E-state index contributed by atoms with van der Waals surface area (Å²) in [6, 6.07) is -0.140. The number of ketones is 1. The summed E-state index contributed by atoms with van der Waals surface area (Å²) in [5, 5.41) is 12.2. The minimum atomic E-state index is -1.31. The van der Waals surface area contributed by atoms with Crippen LogP contribution >= 0.6 is 0 Å². The fourth-order valence-electron chi connectivity index (χ4n) is 5.42. The molecule has 7 nitrogen and oxygen atoms in total. The van der Waals surface area contributed by atoms with Crippen molar-refractivity contribution in [1.29, 1.82) is 0 Å². The zero-order valence-corrected chi connectivity index (χ0v) is 20.1. The van der Waals surface area contributed by atoms with Crippen molar-refractivity contribution in [3.05, 3.63) is 23.3 Å². The molecule has 1 aliphatic carbocycles. The summed E-state index contributed by atoms with van der Waals surface area (Å²) in [5.74, 6) is -2.27. The Labute approximate surface area is 190 Å². The number of fused-ring (bicyclic) bond motifs is 1. The van der Waals surface area contributed by atoms with Gasteiger partial charge in [-0.25, -0.2) is 0 Å². The van der Waals surface area contributed by atoms with E-state index in [0.29, 0.717) is 12.3 Å². The number of carbonyl (C=O) groups is 4. The van der Waals surface area contributed by atoms with Gasteiger partial charge in [-0.15, -0.1) is 0 Å². The van der Waals surface area contributed by atoms with Crippen molar-refractivity contribution >= 4 is 23.6 Å². The molecule has 0 saturated carbocycles. The number of methoxy groups -OCH3 is 1. The maximum absolute atomic E-state index is 13.8. The van der Waals surface area contributed by atoms with E-state index in [4.69, 9.17) is 9.84 Å². The molecule has 5 atom stereocenters. The van der Waals surface area contributed by atoms with Crippen molar-refractivity contribution in [2.24, 2.45) is 29.1 Å². The number of Topliss-reactive ketones (excluding diaryl/α,β-unsaturated/α-hetero) is 1. The molecule has 2 N–H and O–H groups in total. The SMILES string of the molecule is COC(=O)CCC(=O)[C@@]12C(=O)N[C@@H](CC(C)C)[C@@H]1[C@H](C)C(C)=C[C@@H]2/C=C(\C)CCC(=O)O. The number of hydrogen-bond donors (Lipinski definition) is 2. The first-order valence-corrected chi connectivity index (χ1v) is 11.4. The van der Waals surface area contributed by atoms with E-state index >= 15 is 0 Å². The molecule has 0 aromatic carbocycles. The van der Waals surface area contributed by atoms with E-state index in [1.165, 1.54) is 7.11 Å². The Morgan fingerprint density at radius 3 is 2.44 bits per heavy atom. The van der Waals surface area contributed by atoms with Gasteiger partial charge >= 0.3 is 11.9 Å². The number of rotatable bonds is 10. The molecule has 0 bridgehead atoms. The summed E-state index contributed by atoms with van der Waals surface area (Å²) in [5.41, 5.74) is 0.635. The van der Waals surface area contributed by atoms with Crippen LogP contribution in [0.15, 0.2) is 23.3 Å². The van der Waals surface area contributed by atoms with Crippen molar-refractivity contribution in [3.63, 3.8) is 0 Å². The number of aliphatic carboxylic acids is 1. The third-order valence-electron chi connectivity index (χ3n) is 7.04. The van der Waals surface area contributed by atoms with E-state index in [2.05, 4.69) is 26.1 Å². The number of carboxylic acid groups (broad SMARTS) is 1. The molecule has 1 saturated heterocycles. The van der Waals surface area contributed by atoms with Crippen molar-refractivity contribution in [2.45, 2.75) is 72.8 Å². The Morgan fingerprint density at radius 2 is 1.88 bits per heavy atom. The normalized spacial score (nSPS) is 29.9. The minimum Gasteiger partial charge on any atom is -0.481 e. The molecule has 7 heteroatoms. The lowest BCUT2D eigenvalue weighted by Gasteiger charge is -2.45. The van der Waals surface area contributed by atoms with Gasteiger partial charge in [-0.05, 0) is 38.5 Å². The Morgan fingerprint density at radius 1 is 1.22 bits per heavy atom. The highest BCUT2D eigenvalue weighted by Gasteiger charge is 2.65.